The normalized spacial score (nSPS) is 24.4. The summed E-state index contributed by atoms with van der Waals surface area (Å²) in [6, 6.07) is 9.71. The zero-order valence-electron chi connectivity index (χ0n) is 21.2. The van der Waals surface area contributed by atoms with Gasteiger partial charge in [0.05, 0.1) is 12.9 Å². The van der Waals surface area contributed by atoms with Gasteiger partial charge >= 0.3 is 6.09 Å². The Morgan fingerprint density at radius 2 is 1.97 bits per heavy atom. The lowest BCUT2D eigenvalue weighted by Crippen LogP contribution is -2.39. The Morgan fingerprint density at radius 1 is 1.19 bits per heavy atom. The number of hydrogen-bond acceptors (Lipinski definition) is 10. The highest BCUT2D eigenvalue weighted by molar-refractivity contribution is 5.81. The van der Waals surface area contributed by atoms with Crippen LogP contribution >= 0.6 is 0 Å². The number of benzene rings is 1. The van der Waals surface area contributed by atoms with Crippen LogP contribution in [-0.2, 0) is 25.5 Å². The minimum absolute atomic E-state index is 0.242. The number of nitrogens with zero attached hydrogens (tertiary/aromatic N) is 5. The lowest BCUT2D eigenvalue weighted by Gasteiger charge is -2.27. The van der Waals surface area contributed by atoms with Crippen molar-refractivity contribution >= 4 is 23.1 Å². The van der Waals surface area contributed by atoms with Gasteiger partial charge in [-0.15, -0.1) is 0 Å². The number of rotatable bonds is 9. The second-order valence-electron chi connectivity index (χ2n) is 9.80. The number of likely N-dealkylation sites (N-methyl/N-ethyl adjacent to an activating group) is 1. The standard InChI is InChI=1S/C25H33N7O5/c1-25(2)36-19-17(13-31(3)10-7-11-34-24(33)27-12-16-8-5-4-6-9-16)35-23(20(19)37-25)32-15-30-18-21(26)28-14-29-22(18)32/h4-6,8-9,14-15,17,19-20,23H,7,10-13H2,1-3H3,(H,27,33)(H2,26,28,29)/t17-,19-,20-,23-/m1/s1. The zero-order valence-corrected chi connectivity index (χ0v) is 21.2. The molecule has 0 aliphatic carbocycles. The van der Waals surface area contributed by atoms with E-state index in [1.54, 1.807) is 6.33 Å². The van der Waals surface area contributed by atoms with Crippen LogP contribution in [0.15, 0.2) is 43.0 Å². The quantitative estimate of drug-likeness (QED) is 0.411. The van der Waals surface area contributed by atoms with E-state index in [0.29, 0.717) is 43.1 Å². The molecule has 2 aliphatic heterocycles. The van der Waals surface area contributed by atoms with Gasteiger partial charge in [0.25, 0.3) is 0 Å². The summed E-state index contributed by atoms with van der Waals surface area (Å²) in [7, 11) is 2.00. The third-order valence-electron chi connectivity index (χ3n) is 6.48. The van der Waals surface area contributed by atoms with E-state index in [9.17, 15) is 4.79 Å². The van der Waals surface area contributed by atoms with E-state index in [0.717, 1.165) is 12.1 Å². The second-order valence-corrected chi connectivity index (χ2v) is 9.80. The molecule has 5 rings (SSSR count). The molecule has 0 saturated carbocycles. The van der Waals surface area contributed by atoms with Gasteiger partial charge in [0.15, 0.2) is 23.5 Å². The van der Waals surface area contributed by atoms with Gasteiger partial charge in [-0.05, 0) is 32.9 Å². The number of carbonyl (C=O) groups is 1. The molecule has 4 heterocycles. The first-order valence-corrected chi connectivity index (χ1v) is 12.4. The first-order chi connectivity index (χ1) is 17.8. The van der Waals surface area contributed by atoms with Crippen molar-refractivity contribution in [3.8, 4) is 0 Å². The highest BCUT2D eigenvalue weighted by Gasteiger charge is 2.56. The molecule has 1 aromatic carbocycles. The van der Waals surface area contributed by atoms with E-state index in [-0.39, 0.29) is 18.3 Å². The van der Waals surface area contributed by atoms with Crippen LogP contribution in [0.2, 0.25) is 0 Å². The highest BCUT2D eigenvalue weighted by Crippen LogP contribution is 2.44. The Balaban J connectivity index is 1.14. The topological polar surface area (TPSA) is 139 Å². The molecular formula is C25H33N7O5. The van der Waals surface area contributed by atoms with Crippen LogP contribution in [0, 0.1) is 0 Å². The van der Waals surface area contributed by atoms with Crippen molar-refractivity contribution in [1.82, 2.24) is 29.7 Å². The van der Waals surface area contributed by atoms with Crippen molar-refractivity contribution in [2.24, 2.45) is 0 Å². The maximum Gasteiger partial charge on any atom is 0.407 e. The SMILES string of the molecule is CN(CCCOC(=O)NCc1ccccc1)C[C@H]1O[C@@H](n2cnc3c(N)ncnc32)[C@@H]2OC(C)(C)O[C@@H]21. The Kier molecular flexibility index (Phi) is 7.24. The predicted molar refractivity (Wildman–Crippen MR) is 134 cm³/mol. The Labute approximate surface area is 215 Å². The van der Waals surface area contributed by atoms with Crippen LogP contribution in [0.4, 0.5) is 10.6 Å². The summed E-state index contributed by atoms with van der Waals surface area (Å²) < 4.78 is 26.0. The average Bonchev–Trinajstić information content (AvgIpc) is 3.53. The maximum absolute atomic E-state index is 12.0. The lowest BCUT2D eigenvalue weighted by atomic mass is 10.1. The summed E-state index contributed by atoms with van der Waals surface area (Å²) in [6.45, 7) is 5.88. The summed E-state index contributed by atoms with van der Waals surface area (Å²) in [4.78, 5) is 26.8. The average molecular weight is 512 g/mol. The van der Waals surface area contributed by atoms with E-state index >= 15 is 0 Å². The first-order valence-electron chi connectivity index (χ1n) is 12.4. The van der Waals surface area contributed by atoms with E-state index in [1.807, 2.05) is 55.8 Å². The van der Waals surface area contributed by atoms with Crippen molar-refractivity contribution in [2.75, 3.05) is 32.5 Å². The molecule has 0 unspecified atom stereocenters. The predicted octanol–water partition coefficient (Wildman–Crippen LogP) is 2.07. The maximum atomic E-state index is 12.0. The van der Waals surface area contributed by atoms with E-state index in [1.165, 1.54) is 6.33 Å². The molecule has 198 valence electrons. The Hall–Kier alpha value is -3.32. The summed E-state index contributed by atoms with van der Waals surface area (Å²) in [5, 5.41) is 2.76. The first kappa shape index (κ1) is 25.3. The Morgan fingerprint density at radius 3 is 2.78 bits per heavy atom. The van der Waals surface area contributed by atoms with Crippen LogP contribution in [0.1, 0.15) is 32.1 Å². The number of amides is 1. The molecule has 0 spiro atoms. The van der Waals surface area contributed by atoms with Crippen molar-refractivity contribution in [3.05, 3.63) is 48.5 Å². The molecule has 4 atom stereocenters. The fourth-order valence-corrected chi connectivity index (χ4v) is 4.81. The number of ether oxygens (including phenoxy) is 4. The number of nitrogens with one attached hydrogen (secondary N) is 1. The van der Waals surface area contributed by atoms with Gasteiger partial charge in [-0.25, -0.2) is 19.7 Å². The van der Waals surface area contributed by atoms with Crippen molar-refractivity contribution in [2.45, 2.75) is 57.1 Å². The second kappa shape index (κ2) is 10.6. The molecule has 3 aromatic rings. The van der Waals surface area contributed by atoms with Crippen LogP contribution < -0.4 is 11.1 Å². The molecular weight excluding hydrogens is 478 g/mol. The van der Waals surface area contributed by atoms with Gasteiger partial charge in [-0.2, -0.15) is 0 Å². The van der Waals surface area contributed by atoms with Crippen molar-refractivity contribution < 1.29 is 23.7 Å². The number of imidazole rings is 1. The molecule has 1 amide bonds. The molecule has 0 radical (unpaired) electrons. The number of hydrogen-bond donors (Lipinski definition) is 2. The van der Waals surface area contributed by atoms with Crippen molar-refractivity contribution in [3.63, 3.8) is 0 Å². The number of nitrogens with two attached hydrogens (primary N) is 1. The molecule has 12 nitrogen and oxygen atoms in total. The van der Waals surface area contributed by atoms with E-state index in [2.05, 4.69) is 25.2 Å². The van der Waals surface area contributed by atoms with E-state index < -0.39 is 18.1 Å². The highest BCUT2D eigenvalue weighted by atomic mass is 16.8. The van der Waals surface area contributed by atoms with E-state index in [4.69, 9.17) is 24.7 Å². The lowest BCUT2D eigenvalue weighted by molar-refractivity contribution is -0.197. The van der Waals surface area contributed by atoms with Gasteiger partial charge in [0.2, 0.25) is 0 Å². The fourth-order valence-electron chi connectivity index (χ4n) is 4.81. The number of aromatic nitrogens is 4. The Bertz CT molecular complexity index is 1220. The van der Waals surface area contributed by atoms with Crippen LogP contribution in [0.5, 0.6) is 0 Å². The number of nitrogen functional groups attached to an aromatic ring is 1. The van der Waals surface area contributed by atoms with Gasteiger partial charge < -0.3 is 34.9 Å². The molecule has 2 fully saturated rings. The third-order valence-corrected chi connectivity index (χ3v) is 6.48. The number of anilines is 1. The smallest absolute Gasteiger partial charge is 0.407 e. The minimum Gasteiger partial charge on any atom is -0.450 e. The largest absolute Gasteiger partial charge is 0.450 e. The molecule has 37 heavy (non-hydrogen) atoms. The molecule has 2 aromatic heterocycles. The molecule has 3 N–H and O–H groups in total. The summed E-state index contributed by atoms with van der Waals surface area (Å²) in [5.41, 5.74) is 8.09. The minimum atomic E-state index is -0.737. The summed E-state index contributed by atoms with van der Waals surface area (Å²) in [5.74, 6) is -0.422. The number of alkyl carbamates (subject to hydrolysis) is 1. The third kappa shape index (κ3) is 5.67. The fraction of sp³-hybridized carbons (Fsp3) is 0.520. The van der Waals surface area contributed by atoms with Gasteiger partial charge in [-0.1, -0.05) is 30.3 Å². The van der Waals surface area contributed by atoms with Crippen LogP contribution in [-0.4, -0.2) is 81.4 Å². The zero-order chi connectivity index (χ0) is 26.0. The van der Waals surface area contributed by atoms with Gasteiger partial charge in [-0.3, -0.25) is 4.57 Å². The molecule has 2 saturated heterocycles. The van der Waals surface area contributed by atoms with Crippen LogP contribution in [0.3, 0.4) is 0 Å². The molecule has 12 heteroatoms. The number of fused-ring (bicyclic) bond motifs is 2. The molecule has 2 aliphatic rings. The van der Waals surface area contributed by atoms with Crippen LogP contribution in [0.25, 0.3) is 11.2 Å². The van der Waals surface area contributed by atoms with Crippen molar-refractivity contribution in [1.29, 1.82) is 0 Å². The van der Waals surface area contributed by atoms with Gasteiger partial charge in [0.1, 0.15) is 30.2 Å². The summed E-state index contributed by atoms with van der Waals surface area (Å²) >= 11 is 0. The summed E-state index contributed by atoms with van der Waals surface area (Å²) in [6.07, 6.45) is 2.01. The number of carbonyl (C=O) groups excluding carboxylic acids is 1. The van der Waals surface area contributed by atoms with Gasteiger partial charge in [0, 0.05) is 19.6 Å². The monoisotopic (exact) mass is 511 g/mol. The molecule has 0 bridgehead atoms.